The van der Waals surface area contributed by atoms with Gasteiger partial charge in [-0.15, -0.1) is 0 Å². The summed E-state index contributed by atoms with van der Waals surface area (Å²) in [6, 6.07) is 10.6. The molecule has 2 aromatic rings. The summed E-state index contributed by atoms with van der Waals surface area (Å²) >= 11 is 0. The number of aromatic nitrogens is 1. The molecule has 0 bridgehead atoms. The van der Waals surface area contributed by atoms with E-state index in [1.54, 1.807) is 0 Å². The number of benzene rings is 1. The first kappa shape index (κ1) is 14.3. The van der Waals surface area contributed by atoms with Gasteiger partial charge in [0.05, 0.1) is 0 Å². The molecule has 2 heterocycles. The van der Waals surface area contributed by atoms with Gasteiger partial charge in [0.1, 0.15) is 5.82 Å². The average Bonchev–Trinajstić information content (AvgIpc) is 2.52. The Morgan fingerprint density at radius 1 is 1.14 bits per heavy atom. The minimum absolute atomic E-state index is 0.997. The van der Waals surface area contributed by atoms with Crippen LogP contribution in [-0.2, 0) is 0 Å². The summed E-state index contributed by atoms with van der Waals surface area (Å²) in [6.45, 7) is 6.83. The van der Waals surface area contributed by atoms with Crippen molar-refractivity contribution in [3.63, 3.8) is 0 Å². The minimum Gasteiger partial charge on any atom is -0.370 e. The lowest BCUT2D eigenvalue weighted by molar-refractivity contribution is 0.228. The molecule has 1 aliphatic rings. The molecule has 3 rings (SSSR count). The third-order valence-corrected chi connectivity index (χ3v) is 4.26. The van der Waals surface area contributed by atoms with E-state index in [2.05, 4.69) is 52.5 Å². The normalized spacial score (nSPS) is 16.2. The molecule has 3 heteroatoms. The monoisotopic (exact) mass is 283 g/mol. The van der Waals surface area contributed by atoms with E-state index >= 15 is 0 Å². The zero-order chi connectivity index (χ0) is 14.5. The molecule has 3 nitrogen and oxygen atoms in total. The quantitative estimate of drug-likeness (QED) is 0.845. The van der Waals surface area contributed by atoms with Crippen molar-refractivity contribution in [3.05, 3.63) is 36.0 Å². The third-order valence-electron chi connectivity index (χ3n) is 4.26. The van der Waals surface area contributed by atoms with Crippen LogP contribution in [0.15, 0.2) is 30.3 Å². The Labute approximate surface area is 127 Å². The Hall–Kier alpha value is -1.61. The van der Waals surface area contributed by atoms with Crippen LogP contribution in [0.5, 0.6) is 0 Å². The molecule has 1 N–H and O–H groups in total. The summed E-state index contributed by atoms with van der Waals surface area (Å²) in [5.41, 5.74) is 1.08. The largest absolute Gasteiger partial charge is 0.370 e. The molecule has 1 aromatic heterocycles. The Balaban J connectivity index is 1.57. The molecule has 0 atom stereocenters. The second-order valence-electron chi connectivity index (χ2n) is 6.02. The lowest BCUT2D eigenvalue weighted by atomic mass is 10.1. The first-order valence-electron chi connectivity index (χ1n) is 8.15. The van der Waals surface area contributed by atoms with Crippen LogP contribution in [0, 0.1) is 6.92 Å². The van der Waals surface area contributed by atoms with E-state index in [9.17, 15) is 0 Å². The fraction of sp³-hybridized carbons (Fsp3) is 0.500. The summed E-state index contributed by atoms with van der Waals surface area (Å²) in [4.78, 5) is 7.25. The van der Waals surface area contributed by atoms with Crippen molar-refractivity contribution in [2.75, 3.05) is 31.5 Å². The van der Waals surface area contributed by atoms with Crippen LogP contribution in [0.1, 0.15) is 31.4 Å². The van der Waals surface area contributed by atoms with E-state index < -0.39 is 0 Å². The molecular formula is C18H25N3. The molecule has 0 spiro atoms. The van der Waals surface area contributed by atoms with Crippen molar-refractivity contribution in [1.29, 1.82) is 0 Å². The first-order valence-corrected chi connectivity index (χ1v) is 8.15. The first-order chi connectivity index (χ1) is 10.3. The van der Waals surface area contributed by atoms with Gasteiger partial charge in [0, 0.05) is 17.6 Å². The van der Waals surface area contributed by atoms with Crippen LogP contribution in [0.3, 0.4) is 0 Å². The van der Waals surface area contributed by atoms with Gasteiger partial charge < -0.3 is 10.2 Å². The molecule has 1 saturated heterocycles. The zero-order valence-electron chi connectivity index (χ0n) is 12.9. The number of pyridine rings is 1. The molecule has 0 amide bonds. The summed E-state index contributed by atoms with van der Waals surface area (Å²) < 4.78 is 0. The van der Waals surface area contributed by atoms with Crippen molar-refractivity contribution in [1.82, 2.24) is 9.88 Å². The van der Waals surface area contributed by atoms with Gasteiger partial charge in [0.2, 0.25) is 0 Å². The number of anilines is 1. The fourth-order valence-corrected chi connectivity index (χ4v) is 3.16. The van der Waals surface area contributed by atoms with E-state index in [1.165, 1.54) is 56.1 Å². The molecule has 1 aliphatic heterocycles. The van der Waals surface area contributed by atoms with Gasteiger partial charge in [0.15, 0.2) is 0 Å². The molecule has 0 radical (unpaired) electrons. The average molecular weight is 283 g/mol. The molecule has 1 aromatic carbocycles. The number of aryl methyl sites for hydroxylation is 1. The Morgan fingerprint density at radius 2 is 1.95 bits per heavy atom. The molecule has 0 unspecified atom stereocenters. The van der Waals surface area contributed by atoms with Crippen LogP contribution in [0.4, 0.5) is 5.82 Å². The van der Waals surface area contributed by atoms with Crippen molar-refractivity contribution in [2.24, 2.45) is 0 Å². The number of piperidine rings is 1. The number of likely N-dealkylation sites (tertiary alicyclic amines) is 1. The maximum atomic E-state index is 4.66. The maximum Gasteiger partial charge on any atom is 0.134 e. The summed E-state index contributed by atoms with van der Waals surface area (Å²) in [5.74, 6) is 1.03. The minimum atomic E-state index is 0.997. The molecule has 21 heavy (non-hydrogen) atoms. The maximum absolute atomic E-state index is 4.66. The Kier molecular flexibility index (Phi) is 4.71. The van der Waals surface area contributed by atoms with E-state index in [4.69, 9.17) is 0 Å². The SMILES string of the molecule is Cc1cc2ccccc2c(NCCCN2CCCCC2)n1. The topological polar surface area (TPSA) is 28.2 Å². The van der Waals surface area contributed by atoms with Gasteiger partial charge in [-0.05, 0) is 57.3 Å². The lowest BCUT2D eigenvalue weighted by Crippen LogP contribution is -2.31. The van der Waals surface area contributed by atoms with E-state index in [-0.39, 0.29) is 0 Å². The summed E-state index contributed by atoms with van der Waals surface area (Å²) in [6.07, 6.45) is 5.34. The van der Waals surface area contributed by atoms with Gasteiger partial charge >= 0.3 is 0 Å². The predicted molar refractivity (Wildman–Crippen MR) is 89.9 cm³/mol. The van der Waals surface area contributed by atoms with Crippen molar-refractivity contribution in [3.8, 4) is 0 Å². The predicted octanol–water partition coefficient (Wildman–Crippen LogP) is 3.83. The number of hydrogen-bond acceptors (Lipinski definition) is 3. The highest BCUT2D eigenvalue weighted by molar-refractivity contribution is 5.92. The molecular weight excluding hydrogens is 258 g/mol. The number of hydrogen-bond donors (Lipinski definition) is 1. The lowest BCUT2D eigenvalue weighted by Gasteiger charge is -2.26. The molecule has 112 valence electrons. The molecule has 1 fully saturated rings. The molecule has 0 aliphatic carbocycles. The van der Waals surface area contributed by atoms with Gasteiger partial charge in [-0.1, -0.05) is 30.7 Å². The van der Waals surface area contributed by atoms with E-state index in [0.29, 0.717) is 0 Å². The van der Waals surface area contributed by atoms with E-state index in [0.717, 1.165) is 18.1 Å². The van der Waals surface area contributed by atoms with Gasteiger partial charge in [0.25, 0.3) is 0 Å². The van der Waals surface area contributed by atoms with Gasteiger partial charge in [-0.2, -0.15) is 0 Å². The standard InChI is InChI=1S/C18H25N3/c1-15-14-16-8-3-4-9-17(16)18(20-15)19-10-7-13-21-11-5-2-6-12-21/h3-4,8-9,14H,2,5-7,10-13H2,1H3,(H,19,20). The van der Waals surface area contributed by atoms with Crippen LogP contribution in [0.2, 0.25) is 0 Å². The number of nitrogens with one attached hydrogen (secondary N) is 1. The number of fused-ring (bicyclic) bond motifs is 1. The van der Waals surface area contributed by atoms with Crippen LogP contribution < -0.4 is 5.32 Å². The highest BCUT2D eigenvalue weighted by atomic mass is 15.1. The molecule has 0 saturated carbocycles. The van der Waals surface area contributed by atoms with Crippen LogP contribution in [0.25, 0.3) is 10.8 Å². The zero-order valence-corrected chi connectivity index (χ0v) is 12.9. The fourth-order valence-electron chi connectivity index (χ4n) is 3.16. The van der Waals surface area contributed by atoms with Crippen LogP contribution >= 0.6 is 0 Å². The van der Waals surface area contributed by atoms with Crippen molar-refractivity contribution >= 4 is 16.6 Å². The van der Waals surface area contributed by atoms with Crippen molar-refractivity contribution in [2.45, 2.75) is 32.6 Å². The third kappa shape index (κ3) is 3.73. The van der Waals surface area contributed by atoms with Crippen molar-refractivity contribution < 1.29 is 0 Å². The highest BCUT2D eigenvalue weighted by Gasteiger charge is 2.09. The Morgan fingerprint density at radius 3 is 2.81 bits per heavy atom. The number of nitrogens with zero attached hydrogens (tertiary/aromatic N) is 2. The summed E-state index contributed by atoms with van der Waals surface area (Å²) in [7, 11) is 0. The Bertz CT molecular complexity index is 588. The summed E-state index contributed by atoms with van der Waals surface area (Å²) in [5, 5.41) is 6.02. The second-order valence-corrected chi connectivity index (χ2v) is 6.02. The smallest absolute Gasteiger partial charge is 0.134 e. The van der Waals surface area contributed by atoms with Crippen LogP contribution in [-0.4, -0.2) is 36.1 Å². The van der Waals surface area contributed by atoms with E-state index in [1.807, 2.05) is 0 Å². The highest BCUT2D eigenvalue weighted by Crippen LogP contribution is 2.22. The van der Waals surface area contributed by atoms with Gasteiger partial charge in [-0.3, -0.25) is 0 Å². The van der Waals surface area contributed by atoms with Gasteiger partial charge in [-0.25, -0.2) is 4.98 Å². The number of rotatable bonds is 5. The second kappa shape index (κ2) is 6.90.